The lowest BCUT2D eigenvalue weighted by Crippen LogP contribution is -2.29. The fourth-order valence-corrected chi connectivity index (χ4v) is 5.06. The number of hydrogen-bond acceptors (Lipinski definition) is 7. The Balaban J connectivity index is 1.60. The van der Waals surface area contributed by atoms with Crippen LogP contribution in [0.3, 0.4) is 0 Å². The van der Waals surface area contributed by atoms with Gasteiger partial charge in [0.25, 0.3) is 0 Å². The summed E-state index contributed by atoms with van der Waals surface area (Å²) in [7, 11) is -2.09. The van der Waals surface area contributed by atoms with E-state index < -0.39 is 10.0 Å². The number of aryl methyl sites for hydroxylation is 1. The molecule has 2 heterocycles. The second-order valence-corrected chi connectivity index (χ2v) is 9.14. The van der Waals surface area contributed by atoms with Gasteiger partial charge in [-0.15, -0.1) is 21.5 Å². The van der Waals surface area contributed by atoms with Gasteiger partial charge in [0, 0.05) is 12.6 Å². The van der Waals surface area contributed by atoms with Crippen molar-refractivity contribution in [2.75, 3.05) is 20.3 Å². The normalized spacial score (nSPS) is 11.4. The number of ether oxygens (including phenoxy) is 2. The van der Waals surface area contributed by atoms with Gasteiger partial charge in [0.05, 0.1) is 16.9 Å². The summed E-state index contributed by atoms with van der Waals surface area (Å²) < 4.78 is 38.9. The van der Waals surface area contributed by atoms with Gasteiger partial charge in [-0.25, -0.2) is 13.1 Å². The van der Waals surface area contributed by atoms with Crippen molar-refractivity contribution in [3.63, 3.8) is 0 Å². The largest absolute Gasteiger partial charge is 0.496 e. The average Bonchev–Trinajstić information content (AvgIpc) is 3.24. The molecule has 2 aromatic heterocycles. The Kier molecular flexibility index (Phi) is 6.51. The lowest BCUT2D eigenvalue weighted by atomic mass is 10.1. The van der Waals surface area contributed by atoms with Crippen LogP contribution in [-0.4, -0.2) is 38.9 Å². The molecule has 0 atom stereocenters. The molecule has 0 amide bonds. The third-order valence-electron chi connectivity index (χ3n) is 4.53. The summed E-state index contributed by atoms with van der Waals surface area (Å²) in [6.07, 6.45) is 0. The number of nitrogens with one attached hydrogen (secondary N) is 1. The highest BCUT2D eigenvalue weighted by Crippen LogP contribution is 2.30. The molecule has 0 aliphatic carbocycles. The molecule has 0 spiro atoms. The van der Waals surface area contributed by atoms with Crippen molar-refractivity contribution >= 4 is 21.4 Å². The molecule has 29 heavy (non-hydrogen) atoms. The van der Waals surface area contributed by atoms with Crippen LogP contribution in [0.15, 0.2) is 40.6 Å². The Hall–Kier alpha value is -2.49. The lowest BCUT2D eigenvalue weighted by Gasteiger charge is -2.16. The minimum Gasteiger partial charge on any atom is -0.496 e. The van der Waals surface area contributed by atoms with Crippen molar-refractivity contribution in [2.24, 2.45) is 0 Å². The van der Waals surface area contributed by atoms with Gasteiger partial charge in [0.15, 0.2) is 0 Å². The highest BCUT2D eigenvalue weighted by atomic mass is 32.2. The number of nitrogens with zero attached hydrogens (tertiary/aromatic N) is 2. The molecule has 0 saturated heterocycles. The van der Waals surface area contributed by atoms with Gasteiger partial charge in [-0.2, -0.15) is 0 Å². The molecule has 9 heteroatoms. The first-order chi connectivity index (χ1) is 13.8. The zero-order valence-corrected chi connectivity index (χ0v) is 18.4. The molecule has 0 aliphatic heterocycles. The molecule has 7 nitrogen and oxygen atoms in total. The van der Waals surface area contributed by atoms with Gasteiger partial charge in [0.2, 0.25) is 15.9 Å². The van der Waals surface area contributed by atoms with Gasteiger partial charge in [-0.05, 0) is 61.0 Å². The van der Waals surface area contributed by atoms with Crippen LogP contribution in [0.2, 0.25) is 0 Å². The molecule has 0 radical (unpaired) electrons. The summed E-state index contributed by atoms with van der Waals surface area (Å²) in [5, 5.41) is 10.1. The fourth-order valence-electron chi connectivity index (χ4n) is 2.98. The molecular weight excluding hydrogens is 410 g/mol. The molecule has 1 aromatic carbocycles. The molecule has 1 N–H and O–H groups in total. The summed E-state index contributed by atoms with van der Waals surface area (Å²) in [5.74, 6) is 1.05. The van der Waals surface area contributed by atoms with E-state index in [2.05, 4.69) is 14.9 Å². The van der Waals surface area contributed by atoms with E-state index in [-0.39, 0.29) is 18.0 Å². The monoisotopic (exact) mass is 433 g/mol. The van der Waals surface area contributed by atoms with Crippen LogP contribution in [0.1, 0.15) is 16.7 Å². The zero-order chi connectivity index (χ0) is 21.0. The second-order valence-electron chi connectivity index (χ2n) is 6.46. The van der Waals surface area contributed by atoms with Crippen molar-refractivity contribution < 1.29 is 17.9 Å². The van der Waals surface area contributed by atoms with Gasteiger partial charge >= 0.3 is 0 Å². The van der Waals surface area contributed by atoms with E-state index >= 15 is 0 Å². The standard InChI is InChI=1S/C20H23N3O4S2/c1-13-12-18(14(2)15(3)20(13)26-4)29(24,25)21-9-10-27-19-8-7-16(22-23-19)17-6-5-11-28-17/h5-8,11-12,21H,9-10H2,1-4H3. The summed E-state index contributed by atoms with van der Waals surface area (Å²) in [6.45, 7) is 5.69. The molecule has 154 valence electrons. The Labute approximate surface area is 174 Å². The molecule has 0 aliphatic rings. The van der Waals surface area contributed by atoms with Crippen LogP contribution in [0.4, 0.5) is 0 Å². The number of aromatic nitrogens is 2. The molecule has 0 bridgehead atoms. The van der Waals surface area contributed by atoms with E-state index in [1.54, 1.807) is 37.5 Å². The minimum absolute atomic E-state index is 0.111. The van der Waals surface area contributed by atoms with Crippen molar-refractivity contribution in [1.29, 1.82) is 0 Å². The van der Waals surface area contributed by atoms with Crippen molar-refractivity contribution in [3.8, 4) is 22.2 Å². The molecule has 3 rings (SSSR count). The summed E-state index contributed by atoms with van der Waals surface area (Å²) in [4.78, 5) is 1.27. The zero-order valence-electron chi connectivity index (χ0n) is 16.7. The summed E-state index contributed by atoms with van der Waals surface area (Å²) in [5.41, 5.74) is 3.02. The quantitative estimate of drug-likeness (QED) is 0.547. The first-order valence-electron chi connectivity index (χ1n) is 8.98. The van der Waals surface area contributed by atoms with E-state index in [9.17, 15) is 8.42 Å². The molecule has 0 fully saturated rings. The van der Waals surface area contributed by atoms with Gasteiger partial charge in [-0.3, -0.25) is 0 Å². The van der Waals surface area contributed by atoms with E-state index in [1.807, 2.05) is 37.4 Å². The minimum atomic E-state index is -3.67. The van der Waals surface area contributed by atoms with Crippen LogP contribution < -0.4 is 14.2 Å². The first-order valence-corrected chi connectivity index (χ1v) is 11.3. The van der Waals surface area contributed by atoms with Crippen molar-refractivity contribution in [2.45, 2.75) is 25.7 Å². The number of rotatable bonds is 8. The van der Waals surface area contributed by atoms with E-state index in [0.717, 1.165) is 21.7 Å². The number of methoxy groups -OCH3 is 1. The predicted molar refractivity (Wildman–Crippen MR) is 113 cm³/mol. The molecule has 0 unspecified atom stereocenters. The lowest BCUT2D eigenvalue weighted by molar-refractivity contribution is 0.307. The van der Waals surface area contributed by atoms with E-state index in [1.165, 1.54) is 0 Å². The van der Waals surface area contributed by atoms with Gasteiger partial charge in [-0.1, -0.05) is 6.07 Å². The Bertz CT molecular complexity index is 1080. The third kappa shape index (κ3) is 4.75. The Morgan fingerprint density at radius 2 is 1.90 bits per heavy atom. The maximum absolute atomic E-state index is 12.7. The molecular formula is C20H23N3O4S2. The van der Waals surface area contributed by atoms with Crippen LogP contribution >= 0.6 is 11.3 Å². The molecule has 0 saturated carbocycles. The topological polar surface area (TPSA) is 90.4 Å². The Morgan fingerprint density at radius 3 is 2.52 bits per heavy atom. The van der Waals surface area contributed by atoms with Crippen LogP contribution in [0.5, 0.6) is 11.6 Å². The van der Waals surface area contributed by atoms with Crippen molar-refractivity contribution in [3.05, 3.63) is 52.4 Å². The number of sulfonamides is 1. The number of hydrogen-bond donors (Lipinski definition) is 1. The van der Waals surface area contributed by atoms with Crippen molar-refractivity contribution in [1.82, 2.24) is 14.9 Å². The second kappa shape index (κ2) is 8.89. The smallest absolute Gasteiger partial charge is 0.240 e. The highest BCUT2D eigenvalue weighted by molar-refractivity contribution is 7.89. The predicted octanol–water partition coefficient (Wildman–Crippen LogP) is 3.50. The maximum Gasteiger partial charge on any atom is 0.240 e. The highest BCUT2D eigenvalue weighted by Gasteiger charge is 2.21. The maximum atomic E-state index is 12.7. The van der Waals surface area contributed by atoms with Crippen LogP contribution in [0, 0.1) is 20.8 Å². The average molecular weight is 434 g/mol. The fraction of sp³-hybridized carbons (Fsp3) is 0.300. The van der Waals surface area contributed by atoms with Crippen LogP contribution in [-0.2, 0) is 10.0 Å². The van der Waals surface area contributed by atoms with Gasteiger partial charge in [0.1, 0.15) is 18.1 Å². The summed E-state index contributed by atoms with van der Waals surface area (Å²) >= 11 is 1.58. The first kappa shape index (κ1) is 21.2. The van der Waals surface area contributed by atoms with Gasteiger partial charge < -0.3 is 9.47 Å². The van der Waals surface area contributed by atoms with E-state index in [4.69, 9.17) is 9.47 Å². The third-order valence-corrected chi connectivity index (χ3v) is 7.01. The summed E-state index contributed by atoms with van der Waals surface area (Å²) in [6, 6.07) is 9.08. The number of benzene rings is 1. The van der Waals surface area contributed by atoms with Crippen LogP contribution in [0.25, 0.3) is 10.6 Å². The number of thiophene rings is 1. The van der Waals surface area contributed by atoms with E-state index in [0.29, 0.717) is 17.2 Å². The molecule has 3 aromatic rings. The SMILES string of the molecule is COc1c(C)cc(S(=O)(=O)NCCOc2ccc(-c3cccs3)nn2)c(C)c1C. The Morgan fingerprint density at radius 1 is 1.10 bits per heavy atom.